The number of nitrogens with one attached hydrogen (secondary N) is 2. The Kier molecular flexibility index (Phi) is 5.31. The van der Waals surface area contributed by atoms with E-state index in [1.54, 1.807) is 18.2 Å². The van der Waals surface area contributed by atoms with Crippen molar-refractivity contribution in [3.63, 3.8) is 0 Å². The molecule has 0 atom stereocenters. The van der Waals surface area contributed by atoms with Crippen LogP contribution in [0.5, 0.6) is 5.75 Å². The number of anilines is 3. The minimum Gasteiger partial charge on any atom is -0.491 e. The first kappa shape index (κ1) is 15.0. The van der Waals surface area contributed by atoms with Gasteiger partial charge in [0.05, 0.1) is 6.61 Å². The molecule has 5 nitrogen and oxygen atoms in total. The largest absolute Gasteiger partial charge is 0.491 e. The first-order valence-electron chi connectivity index (χ1n) is 6.98. The normalized spacial score (nSPS) is 10.2. The molecule has 0 fully saturated rings. The number of hydrogen-bond donors (Lipinski definition) is 2. The highest BCUT2D eigenvalue weighted by atomic mass is 19.1. The van der Waals surface area contributed by atoms with Crippen molar-refractivity contribution in [1.82, 2.24) is 9.97 Å². The first-order chi connectivity index (χ1) is 10.2. The van der Waals surface area contributed by atoms with E-state index in [9.17, 15) is 4.39 Å². The number of ether oxygens (including phenoxy) is 1. The Morgan fingerprint density at radius 3 is 2.67 bits per heavy atom. The molecule has 6 heteroatoms. The second-order valence-electron chi connectivity index (χ2n) is 4.42. The van der Waals surface area contributed by atoms with Gasteiger partial charge in [0.15, 0.2) is 11.6 Å². The molecule has 21 heavy (non-hydrogen) atoms. The van der Waals surface area contributed by atoms with Crippen LogP contribution in [0, 0.1) is 5.82 Å². The van der Waals surface area contributed by atoms with Crippen molar-refractivity contribution in [2.45, 2.75) is 20.3 Å². The molecule has 0 aliphatic rings. The summed E-state index contributed by atoms with van der Waals surface area (Å²) in [5.74, 6) is 1.18. The molecule has 1 heterocycles. The number of nitrogens with zero attached hydrogens (tertiary/aromatic N) is 2. The molecule has 112 valence electrons. The van der Waals surface area contributed by atoms with Crippen LogP contribution in [0.1, 0.15) is 20.3 Å². The Morgan fingerprint density at radius 1 is 1.14 bits per heavy atom. The molecule has 0 saturated heterocycles. The lowest BCUT2D eigenvalue weighted by molar-refractivity contribution is 0.321. The molecule has 0 amide bonds. The van der Waals surface area contributed by atoms with Crippen molar-refractivity contribution in [3.05, 3.63) is 36.4 Å². The van der Waals surface area contributed by atoms with Gasteiger partial charge in [0.2, 0.25) is 0 Å². The summed E-state index contributed by atoms with van der Waals surface area (Å²) in [5.41, 5.74) is 0.607. The summed E-state index contributed by atoms with van der Waals surface area (Å²) in [5, 5.41) is 6.22. The van der Waals surface area contributed by atoms with Gasteiger partial charge in [0.25, 0.3) is 0 Å². The van der Waals surface area contributed by atoms with Gasteiger partial charge in [0, 0.05) is 24.4 Å². The van der Waals surface area contributed by atoms with E-state index in [0.29, 0.717) is 18.1 Å². The standard InChI is InChI=1S/C15H19FN4O/c1-3-7-17-14-9-15(19-10-18-14)20-11-5-6-13(21-4-2)12(16)8-11/h5-6,8-10H,3-4,7H2,1-2H3,(H2,17,18,19,20). The van der Waals surface area contributed by atoms with Gasteiger partial charge in [-0.15, -0.1) is 0 Å². The number of halogens is 1. The van der Waals surface area contributed by atoms with E-state index in [-0.39, 0.29) is 5.75 Å². The zero-order valence-corrected chi connectivity index (χ0v) is 12.2. The zero-order valence-electron chi connectivity index (χ0n) is 12.2. The summed E-state index contributed by atoms with van der Waals surface area (Å²) >= 11 is 0. The van der Waals surface area contributed by atoms with Gasteiger partial charge in [-0.3, -0.25) is 0 Å². The minimum atomic E-state index is -0.403. The Balaban J connectivity index is 2.09. The van der Waals surface area contributed by atoms with Gasteiger partial charge in [-0.2, -0.15) is 0 Å². The van der Waals surface area contributed by atoms with Crippen LogP contribution in [0.15, 0.2) is 30.6 Å². The number of benzene rings is 1. The van der Waals surface area contributed by atoms with Gasteiger partial charge in [0.1, 0.15) is 18.0 Å². The predicted octanol–water partition coefficient (Wildman–Crippen LogP) is 3.58. The van der Waals surface area contributed by atoms with E-state index in [0.717, 1.165) is 18.8 Å². The molecule has 1 aromatic heterocycles. The van der Waals surface area contributed by atoms with Crippen LogP contribution in [0.3, 0.4) is 0 Å². The van der Waals surface area contributed by atoms with Gasteiger partial charge in [-0.25, -0.2) is 14.4 Å². The SMILES string of the molecule is CCCNc1cc(Nc2ccc(OCC)c(F)c2)ncn1. The first-order valence-corrected chi connectivity index (χ1v) is 6.98. The molecular weight excluding hydrogens is 271 g/mol. The second kappa shape index (κ2) is 7.42. The molecule has 0 unspecified atom stereocenters. The highest BCUT2D eigenvalue weighted by Crippen LogP contribution is 2.23. The van der Waals surface area contributed by atoms with Crippen LogP contribution in [0.4, 0.5) is 21.7 Å². The van der Waals surface area contributed by atoms with Gasteiger partial charge in [-0.1, -0.05) is 6.92 Å². The van der Waals surface area contributed by atoms with Crippen molar-refractivity contribution < 1.29 is 9.13 Å². The van der Waals surface area contributed by atoms with Crippen molar-refractivity contribution in [1.29, 1.82) is 0 Å². The summed E-state index contributed by atoms with van der Waals surface area (Å²) in [6.45, 7) is 5.17. The van der Waals surface area contributed by atoms with Crippen LogP contribution in [-0.4, -0.2) is 23.1 Å². The summed E-state index contributed by atoms with van der Waals surface area (Å²) in [7, 11) is 0. The number of rotatable bonds is 7. The monoisotopic (exact) mass is 290 g/mol. The van der Waals surface area contributed by atoms with E-state index in [1.807, 2.05) is 6.92 Å². The fraction of sp³-hybridized carbons (Fsp3) is 0.333. The zero-order chi connectivity index (χ0) is 15.1. The smallest absolute Gasteiger partial charge is 0.167 e. The maximum Gasteiger partial charge on any atom is 0.167 e. The summed E-state index contributed by atoms with van der Waals surface area (Å²) < 4.78 is 18.9. The third-order valence-corrected chi connectivity index (χ3v) is 2.73. The Labute approximate surface area is 123 Å². The van der Waals surface area contributed by atoms with E-state index >= 15 is 0 Å². The highest BCUT2D eigenvalue weighted by Gasteiger charge is 2.05. The average Bonchev–Trinajstić information content (AvgIpc) is 2.48. The van der Waals surface area contributed by atoms with Gasteiger partial charge in [-0.05, 0) is 25.5 Å². The van der Waals surface area contributed by atoms with E-state index in [1.165, 1.54) is 12.4 Å². The molecule has 0 spiro atoms. The lowest BCUT2D eigenvalue weighted by Crippen LogP contribution is -2.03. The Morgan fingerprint density at radius 2 is 1.95 bits per heavy atom. The Hall–Kier alpha value is -2.37. The highest BCUT2D eigenvalue weighted by molar-refractivity contribution is 5.59. The van der Waals surface area contributed by atoms with E-state index in [2.05, 4.69) is 27.5 Å². The van der Waals surface area contributed by atoms with Crippen molar-refractivity contribution in [3.8, 4) is 5.75 Å². The predicted molar refractivity (Wildman–Crippen MR) is 81.7 cm³/mol. The van der Waals surface area contributed by atoms with E-state index < -0.39 is 5.82 Å². The van der Waals surface area contributed by atoms with Crippen LogP contribution in [0.2, 0.25) is 0 Å². The lowest BCUT2D eigenvalue weighted by Gasteiger charge is -2.10. The molecule has 2 aromatic rings. The number of hydrogen-bond acceptors (Lipinski definition) is 5. The van der Waals surface area contributed by atoms with E-state index in [4.69, 9.17) is 4.74 Å². The molecule has 2 N–H and O–H groups in total. The maximum atomic E-state index is 13.8. The molecule has 0 aliphatic carbocycles. The number of aromatic nitrogens is 2. The molecule has 1 aromatic carbocycles. The molecule has 0 radical (unpaired) electrons. The van der Waals surface area contributed by atoms with Crippen LogP contribution >= 0.6 is 0 Å². The summed E-state index contributed by atoms with van der Waals surface area (Å²) in [6, 6.07) is 6.50. The topological polar surface area (TPSA) is 59.1 Å². The lowest BCUT2D eigenvalue weighted by atomic mass is 10.3. The molecule has 0 saturated carbocycles. The van der Waals surface area contributed by atoms with Crippen LogP contribution < -0.4 is 15.4 Å². The molecular formula is C15H19FN4O. The van der Waals surface area contributed by atoms with Crippen molar-refractivity contribution in [2.75, 3.05) is 23.8 Å². The van der Waals surface area contributed by atoms with Crippen LogP contribution in [0.25, 0.3) is 0 Å². The third kappa shape index (κ3) is 4.30. The molecule has 0 aliphatic heterocycles. The molecule has 0 bridgehead atoms. The maximum absolute atomic E-state index is 13.8. The summed E-state index contributed by atoms with van der Waals surface area (Å²) in [6.07, 6.45) is 2.47. The Bertz CT molecular complexity index is 592. The average molecular weight is 290 g/mol. The van der Waals surface area contributed by atoms with Gasteiger partial charge >= 0.3 is 0 Å². The molecule has 2 rings (SSSR count). The van der Waals surface area contributed by atoms with Crippen LogP contribution in [-0.2, 0) is 0 Å². The third-order valence-electron chi connectivity index (χ3n) is 2.73. The fourth-order valence-electron chi connectivity index (χ4n) is 1.77. The van der Waals surface area contributed by atoms with Crippen molar-refractivity contribution >= 4 is 17.3 Å². The quantitative estimate of drug-likeness (QED) is 0.816. The summed E-state index contributed by atoms with van der Waals surface area (Å²) in [4.78, 5) is 8.23. The van der Waals surface area contributed by atoms with Crippen molar-refractivity contribution in [2.24, 2.45) is 0 Å². The van der Waals surface area contributed by atoms with Gasteiger partial charge < -0.3 is 15.4 Å². The minimum absolute atomic E-state index is 0.246. The second-order valence-corrected chi connectivity index (χ2v) is 4.42. The fourth-order valence-corrected chi connectivity index (χ4v) is 1.77.